The Labute approximate surface area is 179 Å². The number of nitrogens with one attached hydrogen (secondary N) is 1. The molecule has 1 N–H and O–H groups in total. The van der Waals surface area contributed by atoms with Gasteiger partial charge in [0.1, 0.15) is 24.2 Å². The SMILES string of the molecule is Clc1ccc(CONC(=Cn2cncn2)c2ccc(Oc3ccccc3)cc2)cc1. The van der Waals surface area contributed by atoms with Gasteiger partial charge in [0.25, 0.3) is 0 Å². The molecule has 0 saturated carbocycles. The molecule has 4 rings (SSSR count). The topological polar surface area (TPSA) is 61.2 Å². The highest BCUT2D eigenvalue weighted by molar-refractivity contribution is 6.30. The van der Waals surface area contributed by atoms with Gasteiger partial charge in [-0.25, -0.2) is 9.67 Å². The van der Waals surface area contributed by atoms with Gasteiger partial charge in [-0.3, -0.25) is 10.3 Å². The maximum Gasteiger partial charge on any atom is 0.138 e. The van der Waals surface area contributed by atoms with Crippen LogP contribution in [0.5, 0.6) is 11.5 Å². The van der Waals surface area contributed by atoms with Crippen molar-refractivity contribution in [3.63, 3.8) is 0 Å². The number of aromatic nitrogens is 3. The zero-order valence-electron chi connectivity index (χ0n) is 16.0. The van der Waals surface area contributed by atoms with Crippen molar-refractivity contribution in [3.05, 3.63) is 108 Å². The van der Waals surface area contributed by atoms with Gasteiger partial charge in [0.2, 0.25) is 0 Å². The molecular weight excluding hydrogens is 400 g/mol. The van der Waals surface area contributed by atoms with Gasteiger partial charge in [-0.05, 0) is 54.1 Å². The minimum Gasteiger partial charge on any atom is -0.457 e. The molecule has 7 heteroatoms. The molecule has 30 heavy (non-hydrogen) atoms. The lowest BCUT2D eigenvalue weighted by molar-refractivity contribution is 0.0649. The van der Waals surface area contributed by atoms with Crippen molar-refractivity contribution in [1.82, 2.24) is 20.2 Å². The number of halogens is 1. The molecule has 3 aromatic carbocycles. The average molecular weight is 419 g/mol. The first kappa shape index (κ1) is 19.7. The highest BCUT2D eigenvalue weighted by Crippen LogP contribution is 2.23. The average Bonchev–Trinajstić information content (AvgIpc) is 3.29. The maximum absolute atomic E-state index is 5.93. The number of hydroxylamine groups is 1. The van der Waals surface area contributed by atoms with Crippen LogP contribution in [0.1, 0.15) is 11.1 Å². The summed E-state index contributed by atoms with van der Waals surface area (Å²) >= 11 is 5.93. The van der Waals surface area contributed by atoms with E-state index in [1.54, 1.807) is 17.2 Å². The van der Waals surface area contributed by atoms with Crippen LogP contribution in [-0.2, 0) is 11.4 Å². The molecule has 4 aromatic rings. The van der Waals surface area contributed by atoms with Crippen molar-refractivity contribution >= 4 is 23.5 Å². The molecule has 0 atom stereocenters. The zero-order chi connectivity index (χ0) is 20.6. The van der Waals surface area contributed by atoms with E-state index in [2.05, 4.69) is 15.6 Å². The Morgan fingerprint density at radius 1 is 0.933 bits per heavy atom. The fourth-order valence-corrected chi connectivity index (χ4v) is 2.81. The van der Waals surface area contributed by atoms with Crippen molar-refractivity contribution in [2.45, 2.75) is 6.61 Å². The molecule has 150 valence electrons. The molecule has 0 amide bonds. The van der Waals surface area contributed by atoms with Crippen LogP contribution in [0.4, 0.5) is 0 Å². The van der Waals surface area contributed by atoms with E-state index in [1.807, 2.05) is 78.9 Å². The minimum atomic E-state index is 0.376. The van der Waals surface area contributed by atoms with E-state index in [0.29, 0.717) is 11.6 Å². The smallest absolute Gasteiger partial charge is 0.138 e. The molecule has 0 spiro atoms. The second-order valence-corrected chi connectivity index (χ2v) is 6.81. The van der Waals surface area contributed by atoms with Crippen molar-refractivity contribution < 1.29 is 9.57 Å². The van der Waals surface area contributed by atoms with E-state index in [1.165, 1.54) is 6.33 Å². The van der Waals surface area contributed by atoms with E-state index in [0.717, 1.165) is 28.3 Å². The monoisotopic (exact) mass is 418 g/mol. The molecule has 0 unspecified atom stereocenters. The van der Waals surface area contributed by atoms with Crippen LogP contribution in [-0.4, -0.2) is 14.8 Å². The Morgan fingerprint density at radius 3 is 2.37 bits per heavy atom. The third kappa shape index (κ3) is 5.47. The summed E-state index contributed by atoms with van der Waals surface area (Å²) in [5.41, 5.74) is 5.63. The fourth-order valence-electron chi connectivity index (χ4n) is 2.68. The van der Waals surface area contributed by atoms with Crippen molar-refractivity contribution in [1.29, 1.82) is 0 Å². The molecule has 0 aliphatic rings. The van der Waals surface area contributed by atoms with Gasteiger partial charge in [-0.1, -0.05) is 41.9 Å². The number of benzene rings is 3. The van der Waals surface area contributed by atoms with Gasteiger partial charge >= 0.3 is 0 Å². The lowest BCUT2D eigenvalue weighted by Crippen LogP contribution is -2.14. The standard InChI is InChI=1S/C23H19ClN4O2/c24-20-10-6-18(7-11-20)15-29-27-23(14-28-17-25-16-26-28)19-8-12-22(13-9-19)30-21-4-2-1-3-5-21/h1-14,16-17,27H,15H2. The number of nitrogens with zero attached hydrogens (tertiary/aromatic N) is 3. The van der Waals surface area contributed by atoms with Crippen molar-refractivity contribution in [2.75, 3.05) is 0 Å². The molecule has 1 aromatic heterocycles. The highest BCUT2D eigenvalue weighted by atomic mass is 35.5. The molecule has 0 bridgehead atoms. The minimum absolute atomic E-state index is 0.376. The van der Waals surface area contributed by atoms with Crippen molar-refractivity contribution in [3.8, 4) is 11.5 Å². The third-order valence-corrected chi connectivity index (χ3v) is 4.43. The van der Waals surface area contributed by atoms with Crippen molar-refractivity contribution in [2.24, 2.45) is 0 Å². The Bertz CT molecular complexity index is 1080. The van der Waals surface area contributed by atoms with Gasteiger partial charge < -0.3 is 4.74 Å². The molecular formula is C23H19ClN4O2. The second-order valence-electron chi connectivity index (χ2n) is 6.37. The lowest BCUT2D eigenvalue weighted by Gasteiger charge is -2.13. The van der Waals surface area contributed by atoms with Crippen LogP contribution in [0.25, 0.3) is 11.9 Å². The van der Waals surface area contributed by atoms with E-state index in [-0.39, 0.29) is 0 Å². The Hall–Kier alpha value is -3.61. The number of para-hydroxylation sites is 1. The fraction of sp³-hybridized carbons (Fsp3) is 0.0435. The maximum atomic E-state index is 5.93. The van der Waals surface area contributed by atoms with Crippen LogP contribution in [0.3, 0.4) is 0 Å². The van der Waals surface area contributed by atoms with Gasteiger partial charge in [-0.15, -0.1) is 0 Å². The van der Waals surface area contributed by atoms with E-state index in [9.17, 15) is 0 Å². The van der Waals surface area contributed by atoms with Crippen LogP contribution in [0.15, 0.2) is 91.5 Å². The van der Waals surface area contributed by atoms with Crippen LogP contribution >= 0.6 is 11.6 Å². The van der Waals surface area contributed by atoms with E-state index < -0.39 is 0 Å². The largest absolute Gasteiger partial charge is 0.457 e. The Kier molecular flexibility index (Phi) is 6.39. The zero-order valence-corrected chi connectivity index (χ0v) is 16.7. The van der Waals surface area contributed by atoms with E-state index >= 15 is 0 Å². The Balaban J connectivity index is 1.47. The van der Waals surface area contributed by atoms with E-state index in [4.69, 9.17) is 21.2 Å². The summed E-state index contributed by atoms with van der Waals surface area (Å²) in [6.45, 7) is 0.376. The molecule has 1 heterocycles. The first-order valence-corrected chi connectivity index (χ1v) is 9.65. The quantitative estimate of drug-likeness (QED) is 0.388. The number of rotatable bonds is 8. The summed E-state index contributed by atoms with van der Waals surface area (Å²) in [6, 6.07) is 24.8. The first-order chi connectivity index (χ1) is 14.8. The molecule has 0 saturated heterocycles. The van der Waals surface area contributed by atoms with Gasteiger partial charge in [-0.2, -0.15) is 5.10 Å². The van der Waals surface area contributed by atoms with Gasteiger partial charge in [0.05, 0.1) is 18.5 Å². The summed E-state index contributed by atoms with van der Waals surface area (Å²) in [4.78, 5) is 9.67. The van der Waals surface area contributed by atoms with Gasteiger partial charge in [0.15, 0.2) is 0 Å². The number of ether oxygens (including phenoxy) is 1. The van der Waals surface area contributed by atoms with Crippen LogP contribution in [0, 0.1) is 0 Å². The number of hydrogen-bond donors (Lipinski definition) is 1. The molecule has 0 aliphatic carbocycles. The van der Waals surface area contributed by atoms with Gasteiger partial charge in [0, 0.05) is 10.6 Å². The molecule has 0 fully saturated rings. The molecule has 0 radical (unpaired) electrons. The van der Waals surface area contributed by atoms with Crippen LogP contribution < -0.4 is 10.2 Å². The Morgan fingerprint density at radius 2 is 1.67 bits per heavy atom. The summed E-state index contributed by atoms with van der Waals surface area (Å²) in [6.07, 6.45) is 4.87. The molecule has 0 aliphatic heterocycles. The van der Waals surface area contributed by atoms with Crippen LogP contribution in [0.2, 0.25) is 5.02 Å². The summed E-state index contributed by atoms with van der Waals surface area (Å²) in [5, 5.41) is 4.82. The predicted octanol–water partition coefficient (Wildman–Crippen LogP) is 5.40. The first-order valence-electron chi connectivity index (χ1n) is 9.28. The molecule has 6 nitrogen and oxygen atoms in total. The normalized spacial score (nSPS) is 11.3. The summed E-state index contributed by atoms with van der Waals surface area (Å²) < 4.78 is 7.46. The highest BCUT2D eigenvalue weighted by Gasteiger charge is 2.05. The second kappa shape index (κ2) is 9.73. The predicted molar refractivity (Wildman–Crippen MR) is 117 cm³/mol. The lowest BCUT2D eigenvalue weighted by atomic mass is 10.1. The number of hydrogen-bond acceptors (Lipinski definition) is 5. The summed E-state index contributed by atoms with van der Waals surface area (Å²) in [7, 11) is 0. The third-order valence-electron chi connectivity index (χ3n) is 4.18. The summed E-state index contributed by atoms with van der Waals surface area (Å²) in [5.74, 6) is 1.53.